The second-order valence-electron chi connectivity index (χ2n) is 6.75. The van der Waals surface area contributed by atoms with Gasteiger partial charge in [-0.2, -0.15) is 0 Å². The molecule has 1 aliphatic rings. The van der Waals surface area contributed by atoms with Crippen LogP contribution in [0.5, 0.6) is 11.5 Å². The summed E-state index contributed by atoms with van der Waals surface area (Å²) >= 11 is 0. The number of nitrogens with one attached hydrogen (secondary N) is 2. The van der Waals surface area contributed by atoms with Gasteiger partial charge in [-0.1, -0.05) is 12.1 Å². The van der Waals surface area contributed by atoms with E-state index in [-0.39, 0.29) is 17.2 Å². The van der Waals surface area contributed by atoms with Gasteiger partial charge in [0.25, 0.3) is 5.91 Å². The molecular formula is C22H18N2O5. The molecule has 0 aliphatic carbocycles. The van der Waals surface area contributed by atoms with E-state index in [1.165, 1.54) is 19.2 Å². The van der Waals surface area contributed by atoms with Crippen LogP contribution in [0.25, 0.3) is 11.1 Å². The number of carboxylic acid groups (broad SMARTS) is 1. The summed E-state index contributed by atoms with van der Waals surface area (Å²) in [6.07, 6.45) is 0. The van der Waals surface area contributed by atoms with Crippen molar-refractivity contribution in [1.29, 1.82) is 0 Å². The fourth-order valence-corrected chi connectivity index (χ4v) is 3.43. The molecular weight excluding hydrogens is 372 g/mol. The number of aryl methyl sites for hydroxylation is 1. The SMILES string of the molecule is COc1cc(-c2cc(C)c3c(c2)Nc2ccc(C(=O)O)cc2NC3=O)ccc1O. The minimum Gasteiger partial charge on any atom is -0.504 e. The molecule has 0 aromatic heterocycles. The summed E-state index contributed by atoms with van der Waals surface area (Å²) in [7, 11) is 1.48. The van der Waals surface area contributed by atoms with Crippen molar-refractivity contribution in [1.82, 2.24) is 0 Å². The smallest absolute Gasteiger partial charge is 0.335 e. The molecule has 0 saturated heterocycles. The third kappa shape index (κ3) is 3.23. The molecule has 4 rings (SSSR count). The van der Waals surface area contributed by atoms with Crippen molar-refractivity contribution < 1.29 is 24.5 Å². The number of benzene rings is 3. The van der Waals surface area contributed by atoms with Gasteiger partial charge in [-0.3, -0.25) is 4.79 Å². The average molecular weight is 390 g/mol. The quantitative estimate of drug-likeness (QED) is 0.528. The lowest BCUT2D eigenvalue weighted by Crippen LogP contribution is -2.13. The van der Waals surface area contributed by atoms with Crippen LogP contribution in [-0.4, -0.2) is 29.2 Å². The molecule has 1 aliphatic heterocycles. The van der Waals surface area contributed by atoms with E-state index < -0.39 is 5.97 Å². The maximum absolute atomic E-state index is 12.8. The van der Waals surface area contributed by atoms with E-state index in [2.05, 4.69) is 10.6 Å². The molecule has 7 heteroatoms. The Balaban J connectivity index is 1.83. The molecule has 0 spiro atoms. The molecule has 7 nitrogen and oxygen atoms in total. The van der Waals surface area contributed by atoms with Crippen molar-refractivity contribution in [2.45, 2.75) is 6.92 Å². The molecule has 1 amide bonds. The first-order valence-corrected chi connectivity index (χ1v) is 8.85. The fraction of sp³-hybridized carbons (Fsp3) is 0.0909. The minimum atomic E-state index is -1.07. The largest absolute Gasteiger partial charge is 0.504 e. The Bertz CT molecular complexity index is 1170. The lowest BCUT2D eigenvalue weighted by molar-refractivity contribution is 0.0696. The number of anilines is 3. The molecule has 1 heterocycles. The summed E-state index contributed by atoms with van der Waals surface area (Å²) in [6.45, 7) is 1.83. The monoisotopic (exact) mass is 390 g/mol. The summed E-state index contributed by atoms with van der Waals surface area (Å²) in [5.41, 5.74) is 4.58. The highest BCUT2D eigenvalue weighted by Crippen LogP contribution is 2.38. The van der Waals surface area contributed by atoms with E-state index in [9.17, 15) is 19.8 Å². The molecule has 0 radical (unpaired) electrons. The van der Waals surface area contributed by atoms with Crippen molar-refractivity contribution >= 4 is 28.9 Å². The number of aromatic hydroxyl groups is 1. The average Bonchev–Trinajstić information content (AvgIpc) is 2.83. The number of rotatable bonds is 3. The van der Waals surface area contributed by atoms with Crippen LogP contribution in [0.4, 0.5) is 17.1 Å². The number of phenols is 1. The molecule has 146 valence electrons. The summed E-state index contributed by atoms with van der Waals surface area (Å²) in [5.74, 6) is -0.986. The van der Waals surface area contributed by atoms with E-state index in [0.717, 1.165) is 16.7 Å². The lowest BCUT2D eigenvalue weighted by Gasteiger charge is -2.14. The van der Waals surface area contributed by atoms with Crippen LogP contribution >= 0.6 is 0 Å². The maximum Gasteiger partial charge on any atom is 0.335 e. The second kappa shape index (κ2) is 6.87. The van der Waals surface area contributed by atoms with Crippen LogP contribution in [-0.2, 0) is 0 Å². The van der Waals surface area contributed by atoms with Crippen LogP contribution in [0.15, 0.2) is 48.5 Å². The fourth-order valence-electron chi connectivity index (χ4n) is 3.43. The number of hydrogen-bond donors (Lipinski definition) is 4. The lowest BCUT2D eigenvalue weighted by atomic mass is 9.97. The number of aromatic carboxylic acids is 1. The van der Waals surface area contributed by atoms with E-state index in [0.29, 0.717) is 28.4 Å². The summed E-state index contributed by atoms with van der Waals surface area (Å²) < 4.78 is 5.19. The summed E-state index contributed by atoms with van der Waals surface area (Å²) in [5, 5.41) is 25.1. The van der Waals surface area contributed by atoms with E-state index >= 15 is 0 Å². The van der Waals surface area contributed by atoms with Gasteiger partial charge >= 0.3 is 5.97 Å². The number of carbonyl (C=O) groups is 2. The predicted octanol–water partition coefficient (Wildman–Crippen LogP) is 4.38. The van der Waals surface area contributed by atoms with Gasteiger partial charge in [0.1, 0.15) is 0 Å². The van der Waals surface area contributed by atoms with E-state index in [1.807, 2.05) is 19.1 Å². The first-order valence-electron chi connectivity index (χ1n) is 8.85. The predicted molar refractivity (Wildman–Crippen MR) is 109 cm³/mol. The molecule has 0 atom stereocenters. The highest BCUT2D eigenvalue weighted by Gasteiger charge is 2.23. The van der Waals surface area contributed by atoms with E-state index in [4.69, 9.17) is 4.74 Å². The minimum absolute atomic E-state index is 0.0448. The van der Waals surface area contributed by atoms with Crippen molar-refractivity contribution in [2.75, 3.05) is 17.7 Å². The molecule has 3 aromatic carbocycles. The first kappa shape index (κ1) is 18.4. The summed E-state index contributed by atoms with van der Waals surface area (Å²) in [4.78, 5) is 24.1. The van der Waals surface area contributed by atoms with E-state index in [1.54, 1.807) is 24.3 Å². The third-order valence-electron chi connectivity index (χ3n) is 4.86. The zero-order chi connectivity index (χ0) is 20.7. The zero-order valence-corrected chi connectivity index (χ0v) is 15.7. The maximum atomic E-state index is 12.8. The van der Waals surface area contributed by atoms with Crippen molar-refractivity contribution in [3.63, 3.8) is 0 Å². The van der Waals surface area contributed by atoms with Crippen molar-refractivity contribution in [3.05, 3.63) is 65.2 Å². The Morgan fingerprint density at radius 1 is 0.931 bits per heavy atom. The van der Waals surface area contributed by atoms with Crippen molar-refractivity contribution in [3.8, 4) is 22.6 Å². The first-order chi connectivity index (χ1) is 13.9. The highest BCUT2D eigenvalue weighted by molar-refractivity contribution is 6.14. The number of methoxy groups -OCH3 is 1. The number of ether oxygens (including phenoxy) is 1. The highest BCUT2D eigenvalue weighted by atomic mass is 16.5. The normalized spacial score (nSPS) is 12.1. The molecule has 3 aromatic rings. The number of amides is 1. The number of fused-ring (bicyclic) bond motifs is 2. The molecule has 0 saturated carbocycles. The third-order valence-corrected chi connectivity index (χ3v) is 4.86. The molecule has 4 N–H and O–H groups in total. The Morgan fingerprint density at radius 3 is 2.45 bits per heavy atom. The number of hydrogen-bond acceptors (Lipinski definition) is 5. The molecule has 29 heavy (non-hydrogen) atoms. The van der Waals surface area contributed by atoms with Crippen LogP contribution in [0.1, 0.15) is 26.3 Å². The number of phenolic OH excluding ortho intramolecular Hbond substituents is 1. The zero-order valence-electron chi connectivity index (χ0n) is 15.7. The summed E-state index contributed by atoms with van der Waals surface area (Å²) in [6, 6.07) is 13.3. The Labute approximate surface area is 166 Å². The van der Waals surface area contributed by atoms with Crippen molar-refractivity contribution in [2.24, 2.45) is 0 Å². The second-order valence-corrected chi connectivity index (χ2v) is 6.75. The standard InChI is InChI=1S/C22H18N2O5/c1-11-7-14(12-4-6-18(25)19(10-12)29-2)9-17-20(11)21(26)24-16-8-13(22(27)28)3-5-15(16)23-17/h3-10,23,25H,1-2H3,(H,24,26)(H,27,28). The van der Waals surface area contributed by atoms with Gasteiger partial charge < -0.3 is 25.6 Å². The molecule has 0 unspecified atom stereocenters. The number of carbonyl (C=O) groups excluding carboxylic acids is 1. The van der Waals surface area contributed by atoms with Crippen LogP contribution in [0.3, 0.4) is 0 Å². The van der Waals surface area contributed by atoms with Gasteiger partial charge in [-0.15, -0.1) is 0 Å². The Kier molecular flexibility index (Phi) is 4.35. The Hall–Kier alpha value is -4.00. The van der Waals surface area contributed by atoms with Gasteiger partial charge in [-0.05, 0) is 60.0 Å². The van der Waals surface area contributed by atoms with Gasteiger partial charge in [0.05, 0.1) is 35.3 Å². The van der Waals surface area contributed by atoms with Crippen LogP contribution in [0.2, 0.25) is 0 Å². The van der Waals surface area contributed by atoms with Crippen LogP contribution < -0.4 is 15.4 Å². The van der Waals surface area contributed by atoms with Crippen LogP contribution in [0, 0.1) is 6.92 Å². The Morgan fingerprint density at radius 2 is 1.72 bits per heavy atom. The number of carboxylic acids is 1. The molecule has 0 fully saturated rings. The van der Waals surface area contributed by atoms with Gasteiger partial charge in [0, 0.05) is 0 Å². The van der Waals surface area contributed by atoms with Gasteiger partial charge in [0.15, 0.2) is 11.5 Å². The molecule has 0 bridgehead atoms. The topological polar surface area (TPSA) is 108 Å². The van der Waals surface area contributed by atoms with Gasteiger partial charge in [0.2, 0.25) is 0 Å². The van der Waals surface area contributed by atoms with Gasteiger partial charge in [-0.25, -0.2) is 4.79 Å².